The Morgan fingerprint density at radius 1 is 1.39 bits per heavy atom. The Morgan fingerprint density at radius 2 is 2.11 bits per heavy atom. The average Bonchev–Trinajstić information content (AvgIpc) is 2.31. The van der Waals surface area contributed by atoms with Gasteiger partial charge in [-0.1, -0.05) is 0 Å². The van der Waals surface area contributed by atoms with Crippen molar-refractivity contribution in [2.24, 2.45) is 5.92 Å². The van der Waals surface area contributed by atoms with E-state index in [0.717, 1.165) is 19.4 Å². The second-order valence-corrected chi connectivity index (χ2v) is 5.06. The number of ether oxygens (including phenoxy) is 2. The number of amides is 1. The van der Waals surface area contributed by atoms with Gasteiger partial charge in [0.05, 0.1) is 12.7 Å². The first-order valence-corrected chi connectivity index (χ1v) is 7.19. The molecular weight excluding hydrogens is 254 g/mol. The minimum atomic E-state index is 0.188. The summed E-state index contributed by atoms with van der Waals surface area (Å²) in [6.07, 6.45) is 3.01. The van der Waals surface area contributed by atoms with E-state index in [1.807, 2.05) is 6.92 Å². The summed E-state index contributed by atoms with van der Waals surface area (Å²) in [4.78, 5) is 13.9. The molecule has 0 aromatic rings. The van der Waals surface area contributed by atoms with Crippen molar-refractivity contribution in [3.05, 3.63) is 0 Å². The number of carbonyl (C=O) groups is 1. The number of nitrogens with zero attached hydrogens (tertiary/aromatic N) is 1. The maximum Gasteiger partial charge on any atom is 0.222 e. The molecule has 5 heteroatoms. The molecule has 0 radical (unpaired) electrons. The molecule has 0 spiro atoms. The third-order valence-corrected chi connectivity index (χ3v) is 3.50. The highest BCUT2D eigenvalue weighted by molar-refractivity contribution is 6.18. The van der Waals surface area contributed by atoms with Crippen molar-refractivity contribution < 1.29 is 14.3 Å². The second kappa shape index (κ2) is 8.73. The van der Waals surface area contributed by atoms with Gasteiger partial charge in [0.2, 0.25) is 5.91 Å². The van der Waals surface area contributed by atoms with E-state index in [2.05, 4.69) is 0 Å². The molecule has 0 unspecified atom stereocenters. The van der Waals surface area contributed by atoms with Gasteiger partial charge in [-0.25, -0.2) is 0 Å². The minimum Gasteiger partial charge on any atom is -0.383 e. The monoisotopic (exact) mass is 277 g/mol. The Kier molecular flexibility index (Phi) is 7.63. The zero-order chi connectivity index (χ0) is 13.4. The molecule has 0 N–H and O–H groups in total. The molecule has 0 atom stereocenters. The van der Waals surface area contributed by atoms with Crippen LogP contribution in [0.25, 0.3) is 0 Å². The molecule has 0 saturated heterocycles. The highest BCUT2D eigenvalue weighted by Crippen LogP contribution is 2.33. The lowest BCUT2D eigenvalue weighted by atomic mass is 9.79. The van der Waals surface area contributed by atoms with Crippen molar-refractivity contribution in [1.82, 2.24) is 4.90 Å². The fourth-order valence-electron chi connectivity index (χ4n) is 2.25. The van der Waals surface area contributed by atoms with Gasteiger partial charge < -0.3 is 14.4 Å². The van der Waals surface area contributed by atoms with Gasteiger partial charge in [0.25, 0.3) is 0 Å². The van der Waals surface area contributed by atoms with Crippen LogP contribution in [0.3, 0.4) is 0 Å². The molecule has 0 bridgehead atoms. The smallest absolute Gasteiger partial charge is 0.222 e. The summed E-state index contributed by atoms with van der Waals surface area (Å²) in [5.41, 5.74) is 0. The maximum atomic E-state index is 12.1. The van der Waals surface area contributed by atoms with Gasteiger partial charge in [-0.15, -0.1) is 11.6 Å². The summed E-state index contributed by atoms with van der Waals surface area (Å²) >= 11 is 5.71. The van der Waals surface area contributed by atoms with Gasteiger partial charge in [-0.05, 0) is 25.7 Å². The Balaban J connectivity index is 2.24. The Hall–Kier alpha value is -0.320. The summed E-state index contributed by atoms with van der Waals surface area (Å²) in [5, 5.41) is 0. The summed E-state index contributed by atoms with van der Waals surface area (Å²) < 4.78 is 10.5. The van der Waals surface area contributed by atoms with Crippen LogP contribution in [-0.4, -0.2) is 56.2 Å². The van der Waals surface area contributed by atoms with E-state index in [4.69, 9.17) is 21.1 Å². The first kappa shape index (κ1) is 15.7. The third kappa shape index (κ3) is 5.12. The van der Waals surface area contributed by atoms with Crippen molar-refractivity contribution in [2.75, 3.05) is 39.3 Å². The molecule has 1 aliphatic carbocycles. The van der Waals surface area contributed by atoms with Crippen LogP contribution in [-0.2, 0) is 14.3 Å². The zero-order valence-corrected chi connectivity index (χ0v) is 12.1. The fraction of sp³-hybridized carbons (Fsp3) is 0.923. The van der Waals surface area contributed by atoms with Crippen LogP contribution in [0.4, 0.5) is 0 Å². The lowest BCUT2D eigenvalue weighted by Crippen LogP contribution is -2.40. The molecule has 0 aromatic heterocycles. The number of rotatable bonds is 9. The first-order chi connectivity index (χ1) is 8.71. The molecule has 106 valence electrons. The van der Waals surface area contributed by atoms with Crippen LogP contribution in [0.15, 0.2) is 0 Å². The van der Waals surface area contributed by atoms with Gasteiger partial charge >= 0.3 is 0 Å². The molecule has 1 amide bonds. The van der Waals surface area contributed by atoms with Crippen LogP contribution in [0, 0.1) is 5.92 Å². The number of hydrogen-bond donors (Lipinski definition) is 0. The van der Waals surface area contributed by atoms with E-state index in [0.29, 0.717) is 44.0 Å². The van der Waals surface area contributed by atoms with Crippen molar-refractivity contribution >= 4 is 17.5 Å². The molecule has 1 aliphatic rings. The number of alkyl halides is 1. The molecule has 0 aliphatic heterocycles. The van der Waals surface area contributed by atoms with Crippen molar-refractivity contribution in [1.29, 1.82) is 0 Å². The minimum absolute atomic E-state index is 0.188. The van der Waals surface area contributed by atoms with Crippen LogP contribution < -0.4 is 0 Å². The van der Waals surface area contributed by atoms with Crippen LogP contribution in [0.1, 0.15) is 26.2 Å². The zero-order valence-electron chi connectivity index (χ0n) is 11.4. The quantitative estimate of drug-likeness (QED) is 0.604. The van der Waals surface area contributed by atoms with Crippen LogP contribution in [0.5, 0.6) is 0 Å². The van der Waals surface area contributed by atoms with E-state index in [1.165, 1.54) is 0 Å². The van der Waals surface area contributed by atoms with E-state index < -0.39 is 0 Å². The number of hydrogen-bond acceptors (Lipinski definition) is 3. The molecule has 4 nitrogen and oxygen atoms in total. The van der Waals surface area contributed by atoms with Crippen LogP contribution >= 0.6 is 11.6 Å². The molecule has 1 saturated carbocycles. The lowest BCUT2D eigenvalue weighted by molar-refractivity contribution is -0.134. The van der Waals surface area contributed by atoms with Gasteiger partial charge in [-0.2, -0.15) is 0 Å². The summed E-state index contributed by atoms with van der Waals surface area (Å²) in [5.74, 6) is 1.14. The predicted octanol–water partition coefficient (Wildman–Crippen LogP) is 1.91. The average molecular weight is 278 g/mol. The number of halogens is 1. The second-order valence-electron chi connectivity index (χ2n) is 4.68. The Morgan fingerprint density at radius 3 is 2.67 bits per heavy atom. The SMILES string of the molecule is CCOC1CC(CC(=O)N(CCCl)CCOC)C1. The van der Waals surface area contributed by atoms with E-state index in [1.54, 1.807) is 12.0 Å². The topological polar surface area (TPSA) is 38.8 Å². The van der Waals surface area contributed by atoms with Gasteiger partial charge in [0, 0.05) is 39.1 Å². The molecule has 1 rings (SSSR count). The van der Waals surface area contributed by atoms with Crippen LogP contribution in [0.2, 0.25) is 0 Å². The number of methoxy groups -OCH3 is 1. The first-order valence-electron chi connectivity index (χ1n) is 6.65. The predicted molar refractivity (Wildman–Crippen MR) is 71.9 cm³/mol. The standard InChI is InChI=1S/C13H24ClNO3/c1-3-18-12-8-11(9-12)10-13(16)15(5-4-14)6-7-17-2/h11-12H,3-10H2,1-2H3. The summed E-state index contributed by atoms with van der Waals surface area (Å²) in [6, 6.07) is 0. The largest absolute Gasteiger partial charge is 0.383 e. The van der Waals surface area contributed by atoms with Crippen molar-refractivity contribution in [3.63, 3.8) is 0 Å². The lowest BCUT2D eigenvalue weighted by Gasteiger charge is -2.35. The maximum absolute atomic E-state index is 12.1. The van der Waals surface area contributed by atoms with Crippen molar-refractivity contribution in [2.45, 2.75) is 32.3 Å². The van der Waals surface area contributed by atoms with E-state index in [9.17, 15) is 4.79 Å². The highest BCUT2D eigenvalue weighted by Gasteiger charge is 2.32. The molecule has 0 heterocycles. The molecule has 18 heavy (non-hydrogen) atoms. The van der Waals surface area contributed by atoms with Gasteiger partial charge in [0.15, 0.2) is 0 Å². The fourth-order valence-corrected chi connectivity index (χ4v) is 2.46. The Labute approximate surface area is 115 Å². The van der Waals surface area contributed by atoms with E-state index >= 15 is 0 Å². The van der Waals surface area contributed by atoms with E-state index in [-0.39, 0.29) is 5.91 Å². The Bertz CT molecular complexity index is 244. The van der Waals surface area contributed by atoms with Gasteiger partial charge in [-0.3, -0.25) is 4.79 Å². The third-order valence-electron chi connectivity index (χ3n) is 3.33. The number of carbonyl (C=O) groups excluding carboxylic acids is 1. The van der Waals surface area contributed by atoms with Crippen molar-refractivity contribution in [3.8, 4) is 0 Å². The summed E-state index contributed by atoms with van der Waals surface area (Å²) in [7, 11) is 1.64. The van der Waals surface area contributed by atoms with Gasteiger partial charge in [0.1, 0.15) is 0 Å². The summed E-state index contributed by atoms with van der Waals surface area (Å²) in [6.45, 7) is 4.56. The normalized spacial score (nSPS) is 22.6. The molecule has 1 fully saturated rings. The molecular formula is C13H24ClNO3. The molecule has 0 aromatic carbocycles. The highest BCUT2D eigenvalue weighted by atomic mass is 35.5.